The van der Waals surface area contributed by atoms with Crippen LogP contribution in [0.15, 0.2) is 30.5 Å². The maximum Gasteiger partial charge on any atom is 0.573 e. The highest BCUT2D eigenvalue weighted by molar-refractivity contribution is 5.85. The Kier molecular flexibility index (Phi) is 7.85. The number of alkyl halides is 3. The Morgan fingerprint density at radius 3 is 2.57 bits per heavy atom. The van der Waals surface area contributed by atoms with Crippen molar-refractivity contribution in [2.75, 3.05) is 13.7 Å². The first-order chi connectivity index (χ1) is 17.6. The van der Waals surface area contributed by atoms with Crippen molar-refractivity contribution in [3.63, 3.8) is 0 Å². The number of nitrogens with one attached hydrogen (secondary N) is 1. The SMILES string of the molecule is CC[C@@H](COC(=O)NC1CCCC1)n1cc(C)c2nc(-c3ccc(OC(F)(F)F)cc3OC)c(C)cc21. The standard InChI is InChI=1S/C27H32F3N3O4/c1-5-19(15-36-26(34)31-18-8-6-7-9-18)33-14-17(3)25-22(33)12-16(2)24(32-25)21-11-10-20(13-23(21)35-4)37-27(28,29)30/h10-14,18-19H,5-9,15H2,1-4H3,(H,31,34)/t19-/m0/s1. The van der Waals surface area contributed by atoms with Crippen LogP contribution in [0, 0.1) is 13.8 Å². The molecule has 37 heavy (non-hydrogen) atoms. The number of fused-ring (bicyclic) bond motifs is 1. The van der Waals surface area contributed by atoms with E-state index < -0.39 is 6.36 Å². The minimum absolute atomic E-state index is 0.0779. The summed E-state index contributed by atoms with van der Waals surface area (Å²) in [4.78, 5) is 17.2. The van der Waals surface area contributed by atoms with Crippen molar-refractivity contribution in [2.45, 2.75) is 71.3 Å². The predicted octanol–water partition coefficient (Wildman–Crippen LogP) is 6.85. The second-order valence-electron chi connectivity index (χ2n) is 9.44. The van der Waals surface area contributed by atoms with E-state index in [0.717, 1.165) is 54.3 Å². The second-order valence-corrected chi connectivity index (χ2v) is 9.44. The fraction of sp³-hybridized carbons (Fsp3) is 0.481. The number of carbonyl (C=O) groups excluding carboxylic acids is 1. The molecular formula is C27H32F3N3O4. The molecule has 4 rings (SSSR count). The number of methoxy groups -OCH3 is 1. The van der Waals surface area contributed by atoms with E-state index in [1.807, 2.05) is 33.0 Å². The number of nitrogens with zero attached hydrogens (tertiary/aromatic N) is 2. The van der Waals surface area contributed by atoms with Crippen LogP contribution in [0.3, 0.4) is 0 Å². The predicted molar refractivity (Wildman–Crippen MR) is 134 cm³/mol. The fourth-order valence-electron chi connectivity index (χ4n) is 4.91. The van der Waals surface area contributed by atoms with E-state index in [2.05, 4.69) is 14.6 Å². The number of carbonyl (C=O) groups is 1. The lowest BCUT2D eigenvalue weighted by Crippen LogP contribution is -2.34. The van der Waals surface area contributed by atoms with Crippen molar-refractivity contribution >= 4 is 17.1 Å². The van der Waals surface area contributed by atoms with Gasteiger partial charge in [0.15, 0.2) is 0 Å². The van der Waals surface area contributed by atoms with E-state index in [0.29, 0.717) is 11.3 Å². The van der Waals surface area contributed by atoms with E-state index in [-0.39, 0.29) is 36.3 Å². The quantitative estimate of drug-likeness (QED) is 0.352. The second kappa shape index (κ2) is 10.9. The van der Waals surface area contributed by atoms with Crippen LogP contribution in [-0.4, -0.2) is 41.8 Å². The molecular weight excluding hydrogens is 487 g/mol. The highest BCUT2D eigenvalue weighted by Gasteiger charge is 2.31. The van der Waals surface area contributed by atoms with E-state index in [9.17, 15) is 18.0 Å². The van der Waals surface area contributed by atoms with Crippen molar-refractivity contribution in [3.8, 4) is 22.8 Å². The van der Waals surface area contributed by atoms with Crippen LogP contribution in [0.4, 0.5) is 18.0 Å². The maximum atomic E-state index is 12.7. The highest BCUT2D eigenvalue weighted by atomic mass is 19.4. The van der Waals surface area contributed by atoms with Crippen LogP contribution in [-0.2, 0) is 4.74 Å². The molecule has 0 aliphatic heterocycles. The molecule has 1 fully saturated rings. The summed E-state index contributed by atoms with van der Waals surface area (Å²) in [5.41, 5.74) is 4.56. The van der Waals surface area contributed by atoms with E-state index in [4.69, 9.17) is 14.5 Å². The zero-order valence-electron chi connectivity index (χ0n) is 21.4. The third kappa shape index (κ3) is 6.11. The summed E-state index contributed by atoms with van der Waals surface area (Å²) in [5.74, 6) is -0.140. The zero-order chi connectivity index (χ0) is 26.7. The Bertz CT molecular complexity index is 1270. The molecule has 1 aliphatic carbocycles. The van der Waals surface area contributed by atoms with Crippen LogP contribution < -0.4 is 14.8 Å². The fourth-order valence-corrected chi connectivity index (χ4v) is 4.91. The smallest absolute Gasteiger partial charge is 0.496 e. The van der Waals surface area contributed by atoms with Gasteiger partial charge < -0.3 is 24.1 Å². The Balaban J connectivity index is 1.60. The molecule has 0 radical (unpaired) electrons. The van der Waals surface area contributed by atoms with Gasteiger partial charge in [0.05, 0.1) is 29.9 Å². The number of hydrogen-bond donors (Lipinski definition) is 1. The topological polar surface area (TPSA) is 74.6 Å². The minimum Gasteiger partial charge on any atom is -0.496 e. The van der Waals surface area contributed by atoms with Crippen molar-refractivity contribution < 1.29 is 32.2 Å². The van der Waals surface area contributed by atoms with E-state index in [1.54, 1.807) is 0 Å². The molecule has 2 heterocycles. The Labute approximate surface area is 213 Å². The van der Waals surface area contributed by atoms with Gasteiger partial charge in [-0.2, -0.15) is 0 Å². The molecule has 0 saturated heterocycles. The van der Waals surface area contributed by atoms with Gasteiger partial charge in [0.1, 0.15) is 18.1 Å². The number of ether oxygens (including phenoxy) is 3. The monoisotopic (exact) mass is 519 g/mol. The summed E-state index contributed by atoms with van der Waals surface area (Å²) in [7, 11) is 1.39. The summed E-state index contributed by atoms with van der Waals surface area (Å²) in [6.07, 6.45) is 1.79. The van der Waals surface area contributed by atoms with Crippen molar-refractivity contribution in [1.29, 1.82) is 0 Å². The Morgan fingerprint density at radius 1 is 1.19 bits per heavy atom. The summed E-state index contributed by atoms with van der Waals surface area (Å²) >= 11 is 0. The van der Waals surface area contributed by atoms with Gasteiger partial charge in [-0.3, -0.25) is 0 Å². The molecule has 2 aromatic heterocycles. The number of aryl methyl sites for hydroxylation is 2. The Morgan fingerprint density at radius 2 is 1.92 bits per heavy atom. The third-order valence-corrected chi connectivity index (χ3v) is 6.79. The van der Waals surface area contributed by atoms with Gasteiger partial charge in [0.2, 0.25) is 0 Å². The van der Waals surface area contributed by atoms with Gasteiger partial charge in [0.25, 0.3) is 0 Å². The lowest BCUT2D eigenvalue weighted by atomic mass is 10.0. The van der Waals surface area contributed by atoms with Crippen LogP contribution in [0.5, 0.6) is 11.5 Å². The number of rotatable bonds is 8. The molecule has 1 N–H and O–H groups in total. The summed E-state index contributed by atoms with van der Waals surface area (Å²) < 4.78 is 55.0. The van der Waals surface area contributed by atoms with Crippen molar-refractivity contribution in [1.82, 2.24) is 14.9 Å². The number of alkyl carbamates (subject to hydrolysis) is 1. The average Bonchev–Trinajstić information content (AvgIpc) is 3.46. The zero-order valence-corrected chi connectivity index (χ0v) is 21.4. The van der Waals surface area contributed by atoms with Gasteiger partial charge in [-0.05, 0) is 62.4 Å². The first kappa shape index (κ1) is 26.6. The number of pyridine rings is 1. The molecule has 1 saturated carbocycles. The van der Waals surface area contributed by atoms with Crippen LogP contribution in [0.25, 0.3) is 22.3 Å². The van der Waals surface area contributed by atoms with Gasteiger partial charge in [0, 0.05) is 23.9 Å². The molecule has 3 aromatic rings. The average molecular weight is 520 g/mol. The summed E-state index contributed by atoms with van der Waals surface area (Å²) in [5, 5.41) is 2.95. The van der Waals surface area contributed by atoms with Crippen molar-refractivity contribution in [2.24, 2.45) is 0 Å². The molecule has 1 atom stereocenters. The van der Waals surface area contributed by atoms with Crippen LogP contribution in [0.1, 0.15) is 56.2 Å². The normalized spacial score (nSPS) is 15.1. The minimum atomic E-state index is -4.80. The van der Waals surface area contributed by atoms with E-state index >= 15 is 0 Å². The number of amides is 1. The number of benzene rings is 1. The molecule has 200 valence electrons. The summed E-state index contributed by atoms with van der Waals surface area (Å²) in [6, 6.07) is 6.07. The molecule has 0 bridgehead atoms. The van der Waals surface area contributed by atoms with E-state index in [1.165, 1.54) is 25.3 Å². The largest absolute Gasteiger partial charge is 0.573 e. The molecule has 0 spiro atoms. The van der Waals surface area contributed by atoms with Crippen LogP contribution >= 0.6 is 0 Å². The number of halogens is 3. The lowest BCUT2D eigenvalue weighted by molar-refractivity contribution is -0.274. The molecule has 1 aliphatic rings. The van der Waals surface area contributed by atoms with Crippen LogP contribution in [0.2, 0.25) is 0 Å². The maximum absolute atomic E-state index is 12.7. The van der Waals surface area contributed by atoms with Gasteiger partial charge in [-0.25, -0.2) is 9.78 Å². The summed E-state index contributed by atoms with van der Waals surface area (Å²) in [6.45, 7) is 6.10. The lowest BCUT2D eigenvalue weighted by Gasteiger charge is -2.20. The van der Waals surface area contributed by atoms with Gasteiger partial charge in [-0.15, -0.1) is 13.2 Å². The van der Waals surface area contributed by atoms with Crippen molar-refractivity contribution in [3.05, 3.63) is 41.6 Å². The van der Waals surface area contributed by atoms with Gasteiger partial charge in [-0.1, -0.05) is 19.8 Å². The Hall–Kier alpha value is -3.43. The first-order valence-electron chi connectivity index (χ1n) is 12.5. The number of aromatic nitrogens is 2. The molecule has 0 unspecified atom stereocenters. The van der Waals surface area contributed by atoms with Gasteiger partial charge >= 0.3 is 12.5 Å². The first-order valence-corrected chi connectivity index (χ1v) is 12.5. The molecule has 1 amide bonds. The molecule has 10 heteroatoms. The number of hydrogen-bond acceptors (Lipinski definition) is 5. The third-order valence-electron chi connectivity index (χ3n) is 6.79. The molecule has 7 nitrogen and oxygen atoms in total. The molecule has 1 aromatic carbocycles. The highest BCUT2D eigenvalue weighted by Crippen LogP contribution is 2.37.